The molecule has 0 saturated carbocycles. The van der Waals surface area contributed by atoms with Crippen molar-refractivity contribution in [1.82, 2.24) is 20.4 Å². The predicted molar refractivity (Wildman–Crippen MR) is 200 cm³/mol. The summed E-state index contributed by atoms with van der Waals surface area (Å²) in [6.45, 7) is 12.5. The van der Waals surface area contributed by atoms with Gasteiger partial charge < -0.3 is 45.5 Å². The molecule has 1 aromatic rings. The van der Waals surface area contributed by atoms with Crippen molar-refractivity contribution in [1.29, 1.82) is 0 Å². The quantitative estimate of drug-likeness (QED) is 0.281. The molecule has 0 aromatic heterocycles. The minimum atomic E-state index is -1.41. The van der Waals surface area contributed by atoms with Crippen molar-refractivity contribution >= 4 is 35.6 Å². The lowest BCUT2D eigenvalue weighted by Crippen LogP contribution is -2.58. The van der Waals surface area contributed by atoms with Crippen molar-refractivity contribution in [2.45, 2.75) is 136 Å². The van der Waals surface area contributed by atoms with Crippen molar-refractivity contribution in [3.63, 3.8) is 0 Å². The first kappa shape index (κ1) is 44.2. The summed E-state index contributed by atoms with van der Waals surface area (Å²) in [5.41, 5.74) is 7.01. The number of nitrogens with one attached hydrogen (secondary N) is 2. The summed E-state index contributed by atoms with van der Waals surface area (Å²) in [6.07, 6.45) is -2.78. The summed E-state index contributed by atoms with van der Waals surface area (Å²) < 4.78 is 16.7. The summed E-state index contributed by atoms with van der Waals surface area (Å²) in [7, 11) is 3.00. The number of rotatable bonds is 8. The molecule has 4 amide bonds. The molecule has 9 atom stereocenters. The number of hydrogen-bond donors (Lipinski definition) is 4. The second-order valence-corrected chi connectivity index (χ2v) is 15.4. The number of nitrogens with two attached hydrogens (primary N) is 1. The number of cyclic esters (lactones) is 2. The SMILES string of the molecule is CC[C@H](C)[C@H]1NC(=O)[C@@H](N)[C@@H](C)OC(=O)[C@H](Cc2ccc(OC)cc2)N(C)C(=O)[C@@H]2CCCN2C(=O)[C@H](CC(C)C)NC(=O)[C@H](C(C)C)OC(=O)C[C@@H]1O. The van der Waals surface area contributed by atoms with Crippen LogP contribution in [0, 0.1) is 17.8 Å². The highest BCUT2D eigenvalue weighted by Crippen LogP contribution is 2.25. The summed E-state index contributed by atoms with van der Waals surface area (Å²) in [5.74, 6) is -4.32. The monoisotopic (exact) mass is 759 g/mol. The maximum absolute atomic E-state index is 14.3. The molecule has 15 heteroatoms. The first-order chi connectivity index (χ1) is 25.4. The van der Waals surface area contributed by atoms with Gasteiger partial charge in [-0.1, -0.05) is 60.1 Å². The van der Waals surface area contributed by atoms with Gasteiger partial charge >= 0.3 is 11.9 Å². The van der Waals surface area contributed by atoms with E-state index in [0.717, 1.165) is 0 Å². The minimum Gasteiger partial charge on any atom is -0.497 e. The molecule has 2 saturated heterocycles. The Hall–Kier alpha value is -4.24. The van der Waals surface area contributed by atoms with Gasteiger partial charge in [0.25, 0.3) is 5.91 Å². The van der Waals surface area contributed by atoms with E-state index in [2.05, 4.69) is 10.6 Å². The molecule has 0 radical (unpaired) electrons. The van der Waals surface area contributed by atoms with Crippen LogP contribution < -0.4 is 21.1 Å². The fourth-order valence-corrected chi connectivity index (χ4v) is 6.85. The first-order valence-corrected chi connectivity index (χ1v) is 19.0. The number of methoxy groups -OCH3 is 1. The Morgan fingerprint density at radius 3 is 2.19 bits per heavy atom. The highest BCUT2D eigenvalue weighted by atomic mass is 16.6. The second-order valence-electron chi connectivity index (χ2n) is 15.4. The van der Waals surface area contributed by atoms with Crippen molar-refractivity contribution in [2.75, 3.05) is 20.7 Å². The predicted octanol–water partition coefficient (Wildman–Crippen LogP) is 1.71. The van der Waals surface area contributed by atoms with Crippen LogP contribution in [0.2, 0.25) is 0 Å². The molecule has 0 bridgehead atoms. The zero-order chi connectivity index (χ0) is 40.4. The third-order valence-electron chi connectivity index (χ3n) is 10.4. The Kier molecular flexibility index (Phi) is 16.3. The topological polar surface area (TPSA) is 207 Å². The Morgan fingerprint density at radius 2 is 1.61 bits per heavy atom. The van der Waals surface area contributed by atoms with Crippen molar-refractivity contribution in [3.8, 4) is 5.75 Å². The highest BCUT2D eigenvalue weighted by molar-refractivity contribution is 5.95. The molecule has 2 aliphatic rings. The van der Waals surface area contributed by atoms with Crippen LogP contribution in [-0.2, 0) is 44.7 Å². The van der Waals surface area contributed by atoms with Gasteiger partial charge in [0.15, 0.2) is 6.10 Å². The number of nitrogens with zero attached hydrogens (tertiary/aromatic N) is 2. The molecule has 2 aliphatic heterocycles. The van der Waals surface area contributed by atoms with Crippen molar-refractivity contribution in [3.05, 3.63) is 29.8 Å². The number of aliphatic hydroxyl groups excluding tert-OH is 1. The van der Waals surface area contributed by atoms with Crippen LogP contribution in [0.5, 0.6) is 5.75 Å². The van der Waals surface area contributed by atoms with Gasteiger partial charge in [-0.05, 0) is 61.6 Å². The molecule has 54 heavy (non-hydrogen) atoms. The third kappa shape index (κ3) is 11.4. The van der Waals surface area contributed by atoms with Gasteiger partial charge in [0, 0.05) is 20.0 Å². The Balaban J connectivity index is 2.09. The van der Waals surface area contributed by atoms with Crippen LogP contribution in [0.25, 0.3) is 0 Å². The standard InChI is InChI=1S/C39H61N5O10/c1-10-23(6)33-30(45)20-31(46)54-34(22(4)5)36(48)41-27(18-21(2)3)37(49)44-17-11-12-28(44)38(50)43(8)29(19-25-13-15-26(52-9)16-14-25)39(51)53-24(7)32(40)35(47)42-33/h13-16,21-24,27-30,32-34,45H,10-12,17-20,40H2,1-9H3,(H,41,48)(H,42,47)/t23-,24+,27-,28-,29-,30-,32-,33+,34-/m0/s1. The van der Waals surface area contributed by atoms with E-state index in [1.807, 2.05) is 20.8 Å². The van der Waals surface area contributed by atoms with Crippen LogP contribution >= 0.6 is 0 Å². The van der Waals surface area contributed by atoms with Gasteiger partial charge in [-0.3, -0.25) is 24.0 Å². The molecule has 0 unspecified atom stereocenters. The van der Waals surface area contributed by atoms with E-state index in [0.29, 0.717) is 30.6 Å². The zero-order valence-electron chi connectivity index (χ0n) is 33.2. The van der Waals surface area contributed by atoms with Gasteiger partial charge in [0.1, 0.15) is 36.0 Å². The van der Waals surface area contributed by atoms with Gasteiger partial charge in [-0.2, -0.15) is 0 Å². The van der Waals surface area contributed by atoms with Gasteiger partial charge in [-0.25, -0.2) is 4.79 Å². The van der Waals surface area contributed by atoms with Crippen LogP contribution in [0.1, 0.15) is 86.1 Å². The lowest BCUT2D eigenvalue weighted by molar-refractivity contribution is -0.161. The number of esters is 2. The van der Waals surface area contributed by atoms with E-state index in [1.54, 1.807) is 45.0 Å². The van der Waals surface area contributed by atoms with E-state index in [1.165, 1.54) is 30.9 Å². The molecular formula is C39H61N5O10. The second kappa shape index (κ2) is 19.9. The molecule has 3 rings (SSSR count). The maximum atomic E-state index is 14.3. The Morgan fingerprint density at radius 1 is 0.963 bits per heavy atom. The van der Waals surface area contributed by atoms with Crippen molar-refractivity contribution in [2.24, 2.45) is 23.5 Å². The lowest BCUT2D eigenvalue weighted by atomic mass is 9.92. The summed E-state index contributed by atoms with van der Waals surface area (Å²) in [5, 5.41) is 16.7. The molecule has 2 fully saturated rings. The normalized spacial score (nSPS) is 29.2. The lowest BCUT2D eigenvalue weighted by Gasteiger charge is -2.35. The Labute approximate surface area is 319 Å². The van der Waals surface area contributed by atoms with Gasteiger partial charge in [0.2, 0.25) is 17.7 Å². The number of fused-ring (bicyclic) bond motifs is 1. The number of ether oxygens (including phenoxy) is 3. The first-order valence-electron chi connectivity index (χ1n) is 19.0. The van der Waals surface area contributed by atoms with Gasteiger partial charge in [-0.15, -0.1) is 0 Å². The van der Waals surface area contributed by atoms with Crippen molar-refractivity contribution < 1.29 is 48.1 Å². The Bertz CT molecular complexity index is 1470. The molecular weight excluding hydrogens is 698 g/mol. The fourth-order valence-electron chi connectivity index (χ4n) is 6.85. The van der Waals surface area contributed by atoms with E-state index in [9.17, 15) is 33.9 Å². The molecule has 15 nitrogen and oxygen atoms in total. The number of carbonyl (C=O) groups is 6. The highest BCUT2D eigenvalue weighted by Gasteiger charge is 2.43. The average molecular weight is 760 g/mol. The van der Waals surface area contributed by atoms with E-state index >= 15 is 0 Å². The zero-order valence-corrected chi connectivity index (χ0v) is 33.2. The van der Waals surface area contributed by atoms with Crippen LogP contribution in [0.4, 0.5) is 0 Å². The van der Waals surface area contributed by atoms with E-state index < -0.39 is 96.4 Å². The maximum Gasteiger partial charge on any atom is 0.329 e. The summed E-state index contributed by atoms with van der Waals surface area (Å²) in [6, 6.07) is 1.50. The molecule has 1 aromatic carbocycles. The number of amides is 4. The number of aliphatic hydroxyl groups is 1. The number of carbonyl (C=O) groups excluding carboxylic acids is 6. The molecule has 302 valence electrons. The minimum absolute atomic E-state index is 0.0342. The average Bonchev–Trinajstić information content (AvgIpc) is 3.62. The van der Waals surface area contributed by atoms with Crippen LogP contribution in [-0.4, -0.2) is 120 Å². The number of likely N-dealkylation sites (N-methyl/N-ethyl adjacent to an activating group) is 1. The summed E-state index contributed by atoms with van der Waals surface area (Å²) in [4.78, 5) is 85.7. The fraction of sp³-hybridized carbons (Fsp3) is 0.692. The molecule has 0 aliphatic carbocycles. The smallest absolute Gasteiger partial charge is 0.329 e. The molecule has 0 spiro atoms. The van der Waals surface area contributed by atoms with Crippen LogP contribution in [0.15, 0.2) is 24.3 Å². The number of hydrogen-bond acceptors (Lipinski definition) is 11. The largest absolute Gasteiger partial charge is 0.497 e. The molecule has 5 N–H and O–H groups in total. The van der Waals surface area contributed by atoms with Crippen LogP contribution in [0.3, 0.4) is 0 Å². The molecule has 2 heterocycles. The summed E-state index contributed by atoms with van der Waals surface area (Å²) >= 11 is 0. The number of benzene rings is 1. The van der Waals surface area contributed by atoms with Gasteiger partial charge in [0.05, 0.1) is 25.7 Å². The van der Waals surface area contributed by atoms with E-state index in [4.69, 9.17) is 19.9 Å². The van der Waals surface area contributed by atoms with E-state index in [-0.39, 0.29) is 31.2 Å². The third-order valence-corrected chi connectivity index (χ3v) is 10.4.